The van der Waals surface area contributed by atoms with Crippen LogP contribution >= 0.6 is 11.6 Å². The van der Waals surface area contributed by atoms with Crippen LogP contribution in [0, 0.1) is 10.6 Å². The fourth-order valence-electron chi connectivity index (χ4n) is 4.99. The molecular weight excluding hydrogens is 618 g/mol. The summed E-state index contributed by atoms with van der Waals surface area (Å²) in [6.45, 7) is -0.882. The number of hydrogen-bond donors (Lipinski definition) is 3. The molecule has 1 unspecified atom stereocenters. The van der Waals surface area contributed by atoms with Gasteiger partial charge < -0.3 is 20.7 Å². The molecule has 4 aromatic rings. The van der Waals surface area contributed by atoms with Crippen LogP contribution in [0.25, 0.3) is 22.0 Å². The zero-order valence-electron chi connectivity index (χ0n) is 23.3. The Morgan fingerprint density at radius 3 is 2.59 bits per heavy atom. The van der Waals surface area contributed by atoms with E-state index in [9.17, 15) is 23.0 Å². The van der Waals surface area contributed by atoms with Gasteiger partial charge in [0, 0.05) is 40.3 Å². The monoisotopic (exact) mass is 644 g/mol. The largest absolute Gasteiger partial charge is 0.479 e. The second kappa shape index (κ2) is 12.2. The summed E-state index contributed by atoms with van der Waals surface area (Å²) >= 11 is 6.23. The van der Waals surface area contributed by atoms with Crippen LogP contribution < -0.4 is 15.8 Å². The van der Waals surface area contributed by atoms with Crippen molar-refractivity contribution < 1.29 is 32.1 Å². The van der Waals surface area contributed by atoms with Gasteiger partial charge in [-0.15, -0.1) is 0 Å². The molecular formula is C29H27ClF2N6O5S. The number of primary amides is 1. The highest BCUT2D eigenvalue weighted by Gasteiger charge is 2.40. The van der Waals surface area contributed by atoms with Crippen LogP contribution in [0.3, 0.4) is 0 Å². The van der Waals surface area contributed by atoms with Crippen molar-refractivity contribution in [1.82, 2.24) is 14.7 Å². The van der Waals surface area contributed by atoms with E-state index in [0.29, 0.717) is 16.0 Å². The molecule has 2 heterocycles. The molecule has 3 aromatic carbocycles. The van der Waals surface area contributed by atoms with Gasteiger partial charge >= 0.3 is 0 Å². The third-order valence-electron chi connectivity index (χ3n) is 6.99. The standard InChI is InChI=1S/C29H27ClF2N6O5S/c1-44(34,42)15-43-17-9-10-20-23(12-17)38(36-27(20)28(33)40)14-25(39)37-13-16(31)11-24(37)29(41)35-22-8-4-6-19(26(22)32)18-5-2-3-7-21(18)30/h2-10,12,16,24,34H,11,13-15H2,1H3,(H2,33,40)(H,35,41)/t16-,24+,44?/m1/s1. The Bertz CT molecular complexity index is 1900. The fourth-order valence-corrected chi connectivity index (χ4v) is 5.59. The van der Waals surface area contributed by atoms with E-state index in [1.807, 2.05) is 0 Å². The van der Waals surface area contributed by atoms with Gasteiger partial charge in [0.1, 0.15) is 24.5 Å². The lowest BCUT2D eigenvalue weighted by Crippen LogP contribution is -2.44. The number of nitrogens with zero attached hydrogens (tertiary/aromatic N) is 3. The molecule has 0 bridgehead atoms. The molecule has 1 aliphatic rings. The van der Waals surface area contributed by atoms with Crippen molar-refractivity contribution in [3.8, 4) is 16.9 Å². The number of aromatic nitrogens is 2. The summed E-state index contributed by atoms with van der Waals surface area (Å²) in [6.07, 6.45) is -0.611. The van der Waals surface area contributed by atoms with Gasteiger partial charge in [0.2, 0.25) is 11.8 Å². The molecule has 1 fully saturated rings. The predicted molar refractivity (Wildman–Crippen MR) is 161 cm³/mol. The van der Waals surface area contributed by atoms with Gasteiger partial charge in [0.15, 0.2) is 17.5 Å². The van der Waals surface area contributed by atoms with E-state index in [1.165, 1.54) is 47.3 Å². The minimum absolute atomic E-state index is 0.132. The number of fused-ring (bicyclic) bond motifs is 1. The highest BCUT2D eigenvalue weighted by molar-refractivity contribution is 7.91. The molecule has 0 spiro atoms. The van der Waals surface area contributed by atoms with Crippen molar-refractivity contribution in [3.05, 3.63) is 77.2 Å². The SMILES string of the molecule is CS(=N)(=O)COc1ccc2c(C(N)=O)nn(CC(=O)N3C[C@H](F)C[C@H]3C(=O)Nc3cccc(-c4ccccc4Cl)c3F)c2c1. The third kappa shape index (κ3) is 6.50. The summed E-state index contributed by atoms with van der Waals surface area (Å²) in [7, 11) is -2.97. The summed E-state index contributed by atoms with van der Waals surface area (Å²) in [6, 6.07) is 14.2. The lowest BCUT2D eigenvalue weighted by molar-refractivity contribution is -0.137. The van der Waals surface area contributed by atoms with E-state index in [1.54, 1.807) is 24.3 Å². The van der Waals surface area contributed by atoms with E-state index in [0.717, 1.165) is 4.90 Å². The number of benzene rings is 3. The number of carbonyl (C=O) groups excluding carboxylic acids is 3. The molecule has 0 radical (unpaired) electrons. The van der Waals surface area contributed by atoms with Gasteiger partial charge in [-0.2, -0.15) is 5.10 Å². The van der Waals surface area contributed by atoms with Crippen molar-refractivity contribution in [1.29, 1.82) is 4.78 Å². The number of nitrogens with one attached hydrogen (secondary N) is 2. The molecule has 5 rings (SSSR count). The Kier molecular flexibility index (Phi) is 8.57. The van der Waals surface area contributed by atoms with E-state index in [-0.39, 0.29) is 41.2 Å². The summed E-state index contributed by atoms with van der Waals surface area (Å²) < 4.78 is 56.0. The zero-order chi connectivity index (χ0) is 31.8. The number of likely N-dealkylation sites (tertiary alicyclic amines) is 1. The topological polar surface area (TPSA) is 160 Å². The molecule has 15 heteroatoms. The van der Waals surface area contributed by atoms with Crippen LogP contribution in [0.15, 0.2) is 60.7 Å². The van der Waals surface area contributed by atoms with Gasteiger partial charge in [-0.25, -0.2) is 13.0 Å². The van der Waals surface area contributed by atoms with Crippen LogP contribution in [-0.4, -0.2) is 67.6 Å². The van der Waals surface area contributed by atoms with Crippen LogP contribution in [0.1, 0.15) is 16.9 Å². The predicted octanol–water partition coefficient (Wildman–Crippen LogP) is 4.19. The van der Waals surface area contributed by atoms with Crippen LogP contribution in [0.5, 0.6) is 5.75 Å². The van der Waals surface area contributed by atoms with Crippen LogP contribution in [0.4, 0.5) is 14.5 Å². The highest BCUT2D eigenvalue weighted by Crippen LogP contribution is 2.33. The molecule has 3 atom stereocenters. The number of amides is 3. The first-order chi connectivity index (χ1) is 20.8. The summed E-state index contributed by atoms with van der Waals surface area (Å²) in [5.74, 6) is -3.27. The Labute approximate surface area is 255 Å². The van der Waals surface area contributed by atoms with Gasteiger partial charge in [-0.05, 0) is 24.3 Å². The van der Waals surface area contributed by atoms with Crippen LogP contribution in [-0.2, 0) is 25.9 Å². The first kappa shape index (κ1) is 30.9. The number of halogens is 3. The highest BCUT2D eigenvalue weighted by atomic mass is 35.5. The van der Waals surface area contributed by atoms with E-state index < -0.39 is 58.0 Å². The number of ether oxygens (including phenoxy) is 1. The molecule has 11 nitrogen and oxygen atoms in total. The number of alkyl halides is 1. The maximum atomic E-state index is 15.5. The normalized spacial score (nSPS) is 17.8. The molecule has 4 N–H and O–H groups in total. The van der Waals surface area contributed by atoms with Crippen molar-refractivity contribution in [3.63, 3.8) is 0 Å². The maximum Gasteiger partial charge on any atom is 0.269 e. The van der Waals surface area contributed by atoms with E-state index in [4.69, 9.17) is 26.9 Å². The Hall–Kier alpha value is -4.56. The molecule has 1 aliphatic heterocycles. The molecule has 230 valence electrons. The molecule has 44 heavy (non-hydrogen) atoms. The fraction of sp³-hybridized carbons (Fsp3) is 0.241. The second-order valence-corrected chi connectivity index (χ2v) is 13.0. The summed E-state index contributed by atoms with van der Waals surface area (Å²) in [4.78, 5) is 39.8. The third-order valence-corrected chi connectivity index (χ3v) is 7.88. The van der Waals surface area contributed by atoms with Crippen molar-refractivity contribution in [2.45, 2.75) is 25.2 Å². The minimum atomic E-state index is -2.97. The Morgan fingerprint density at radius 2 is 1.89 bits per heavy atom. The summed E-state index contributed by atoms with van der Waals surface area (Å²) in [5, 5.41) is 7.24. The Morgan fingerprint density at radius 1 is 1.16 bits per heavy atom. The van der Waals surface area contributed by atoms with Gasteiger partial charge in [0.25, 0.3) is 5.91 Å². The summed E-state index contributed by atoms with van der Waals surface area (Å²) in [5.41, 5.74) is 6.01. The minimum Gasteiger partial charge on any atom is -0.479 e. The number of nitrogens with two attached hydrogens (primary N) is 1. The first-order valence-electron chi connectivity index (χ1n) is 13.2. The zero-order valence-corrected chi connectivity index (χ0v) is 24.8. The lowest BCUT2D eigenvalue weighted by Gasteiger charge is -2.24. The Balaban J connectivity index is 1.39. The van der Waals surface area contributed by atoms with Crippen molar-refractivity contribution in [2.75, 3.05) is 24.1 Å². The molecule has 0 saturated carbocycles. The number of rotatable bonds is 9. The molecule has 1 saturated heterocycles. The second-order valence-electron chi connectivity index (χ2n) is 10.3. The number of anilines is 1. The molecule has 3 amide bonds. The number of carbonyl (C=O) groups is 3. The number of hydrogen-bond acceptors (Lipinski definition) is 7. The molecule has 1 aromatic heterocycles. The van der Waals surface area contributed by atoms with Crippen LogP contribution in [0.2, 0.25) is 5.02 Å². The van der Waals surface area contributed by atoms with E-state index >= 15 is 4.39 Å². The van der Waals surface area contributed by atoms with Gasteiger partial charge in [-0.1, -0.05) is 41.9 Å². The maximum absolute atomic E-state index is 15.5. The van der Waals surface area contributed by atoms with Crippen molar-refractivity contribution in [2.24, 2.45) is 5.73 Å². The molecule has 0 aliphatic carbocycles. The average Bonchev–Trinajstić information content (AvgIpc) is 3.54. The quantitative estimate of drug-likeness (QED) is 0.248. The smallest absolute Gasteiger partial charge is 0.269 e. The first-order valence-corrected chi connectivity index (χ1v) is 15.8. The van der Waals surface area contributed by atoms with Gasteiger partial charge in [-0.3, -0.25) is 23.8 Å². The van der Waals surface area contributed by atoms with E-state index in [2.05, 4.69) is 10.4 Å². The average molecular weight is 645 g/mol. The lowest BCUT2D eigenvalue weighted by atomic mass is 10.0. The van der Waals surface area contributed by atoms with Gasteiger partial charge in [0.05, 0.1) is 27.5 Å². The van der Waals surface area contributed by atoms with Crippen molar-refractivity contribution >= 4 is 55.6 Å².